The van der Waals surface area contributed by atoms with E-state index in [1.54, 1.807) is 25.1 Å². The molecule has 3 aromatic rings. The number of nitrogens with one attached hydrogen (secondary N) is 1. The molecule has 0 unspecified atom stereocenters. The predicted molar refractivity (Wildman–Crippen MR) is 80.7 cm³/mol. The molecule has 22 heavy (non-hydrogen) atoms. The highest BCUT2D eigenvalue weighted by Crippen LogP contribution is 2.23. The molecule has 0 atom stereocenters. The second-order valence-electron chi connectivity index (χ2n) is 4.93. The number of fused-ring (bicyclic) bond motifs is 1. The van der Waals surface area contributed by atoms with Gasteiger partial charge in [-0.05, 0) is 48.9 Å². The summed E-state index contributed by atoms with van der Waals surface area (Å²) >= 11 is 0. The highest BCUT2D eigenvalue weighted by Gasteiger charge is 2.16. The smallest absolute Gasteiger partial charge is 0.261 e. The zero-order valence-corrected chi connectivity index (χ0v) is 12.7. The Kier molecular flexibility index (Phi) is 3.37. The first-order valence-corrected chi connectivity index (χ1v) is 8.00. The van der Waals surface area contributed by atoms with Crippen LogP contribution in [0.4, 0.5) is 10.1 Å². The lowest BCUT2D eigenvalue weighted by Crippen LogP contribution is -2.13. The molecule has 0 radical (unpaired) electrons. The van der Waals surface area contributed by atoms with Crippen molar-refractivity contribution in [3.8, 4) is 0 Å². The van der Waals surface area contributed by atoms with Gasteiger partial charge in [0.15, 0.2) is 11.5 Å². The van der Waals surface area contributed by atoms with Crippen molar-refractivity contribution >= 4 is 26.8 Å². The molecule has 0 aliphatic carbocycles. The Labute approximate surface area is 126 Å². The van der Waals surface area contributed by atoms with Gasteiger partial charge in [0, 0.05) is 6.92 Å². The normalized spacial score (nSPS) is 11.8. The molecule has 0 aliphatic heterocycles. The van der Waals surface area contributed by atoms with Gasteiger partial charge in [0.05, 0.1) is 10.6 Å². The third-order valence-corrected chi connectivity index (χ3v) is 4.57. The molecule has 1 aromatic heterocycles. The van der Waals surface area contributed by atoms with Crippen LogP contribution in [0.1, 0.15) is 11.5 Å². The molecule has 5 nitrogen and oxygen atoms in total. The number of halogens is 1. The number of anilines is 1. The molecule has 7 heteroatoms. The van der Waals surface area contributed by atoms with Gasteiger partial charge in [0.2, 0.25) is 0 Å². The number of aromatic nitrogens is 1. The summed E-state index contributed by atoms with van der Waals surface area (Å²) in [6.45, 7) is 3.23. The highest BCUT2D eigenvalue weighted by molar-refractivity contribution is 7.92. The van der Waals surface area contributed by atoms with Crippen LogP contribution in [0.2, 0.25) is 0 Å². The van der Waals surface area contributed by atoms with Gasteiger partial charge in [-0.1, -0.05) is 0 Å². The SMILES string of the molecule is Cc1nc2cc(NS(=O)(=O)c3ccc(F)c(C)c3)ccc2o1. The maximum Gasteiger partial charge on any atom is 0.261 e. The quantitative estimate of drug-likeness (QED) is 0.803. The molecule has 0 fully saturated rings. The van der Waals surface area contributed by atoms with Crippen LogP contribution in [0.15, 0.2) is 45.7 Å². The third kappa shape index (κ3) is 2.67. The lowest BCUT2D eigenvalue weighted by atomic mass is 10.2. The largest absolute Gasteiger partial charge is 0.441 e. The second-order valence-corrected chi connectivity index (χ2v) is 6.61. The van der Waals surface area contributed by atoms with E-state index in [4.69, 9.17) is 4.42 Å². The summed E-state index contributed by atoms with van der Waals surface area (Å²) in [6, 6.07) is 8.46. The fraction of sp³-hybridized carbons (Fsp3) is 0.133. The summed E-state index contributed by atoms with van der Waals surface area (Å²) in [5, 5.41) is 0. The maximum absolute atomic E-state index is 13.3. The van der Waals surface area contributed by atoms with Crippen LogP contribution in [0.25, 0.3) is 11.1 Å². The van der Waals surface area contributed by atoms with Gasteiger partial charge < -0.3 is 4.42 Å². The minimum absolute atomic E-state index is 0.00262. The monoisotopic (exact) mass is 320 g/mol. The first-order chi connectivity index (χ1) is 10.3. The highest BCUT2D eigenvalue weighted by atomic mass is 32.2. The van der Waals surface area contributed by atoms with Crippen molar-refractivity contribution in [2.45, 2.75) is 18.7 Å². The van der Waals surface area contributed by atoms with E-state index >= 15 is 0 Å². The molecule has 1 heterocycles. The fourth-order valence-electron chi connectivity index (χ4n) is 2.10. The van der Waals surface area contributed by atoms with Gasteiger partial charge in [-0.3, -0.25) is 4.72 Å². The number of rotatable bonds is 3. The molecule has 2 aromatic carbocycles. The Balaban J connectivity index is 1.96. The summed E-state index contributed by atoms with van der Waals surface area (Å²) in [7, 11) is -3.79. The van der Waals surface area contributed by atoms with E-state index in [9.17, 15) is 12.8 Å². The van der Waals surface area contributed by atoms with Gasteiger partial charge in [-0.2, -0.15) is 0 Å². The van der Waals surface area contributed by atoms with Crippen LogP contribution in [-0.4, -0.2) is 13.4 Å². The summed E-state index contributed by atoms with van der Waals surface area (Å²) in [5.74, 6) is 0.0580. The molecule has 1 N–H and O–H groups in total. The standard InChI is InChI=1S/C15H13FN2O3S/c1-9-7-12(4-5-13(9)16)22(19,20)18-11-3-6-15-14(8-11)17-10(2)21-15/h3-8,18H,1-2H3. The number of oxazole rings is 1. The summed E-state index contributed by atoms with van der Waals surface area (Å²) < 4.78 is 45.7. The summed E-state index contributed by atoms with van der Waals surface area (Å²) in [6.07, 6.45) is 0. The number of hydrogen-bond donors (Lipinski definition) is 1. The van der Waals surface area contributed by atoms with Crippen molar-refractivity contribution in [3.63, 3.8) is 0 Å². The van der Waals surface area contributed by atoms with Gasteiger partial charge in [-0.15, -0.1) is 0 Å². The first kappa shape index (κ1) is 14.5. The molecule has 0 aliphatic rings. The van der Waals surface area contributed by atoms with E-state index < -0.39 is 15.8 Å². The van der Waals surface area contributed by atoms with Gasteiger partial charge >= 0.3 is 0 Å². The summed E-state index contributed by atoms with van der Waals surface area (Å²) in [5.41, 5.74) is 1.78. The molecule has 0 saturated heterocycles. The second kappa shape index (κ2) is 5.10. The Morgan fingerprint density at radius 2 is 1.91 bits per heavy atom. The molecule has 0 amide bonds. The average Bonchev–Trinajstić information content (AvgIpc) is 2.80. The molecule has 3 rings (SSSR count). The van der Waals surface area contributed by atoms with E-state index in [1.807, 2.05) is 0 Å². The Hall–Kier alpha value is -2.41. The minimum Gasteiger partial charge on any atom is -0.441 e. The van der Waals surface area contributed by atoms with Crippen molar-refractivity contribution in [1.29, 1.82) is 0 Å². The van der Waals surface area contributed by atoms with Crippen LogP contribution in [-0.2, 0) is 10.0 Å². The molecular formula is C15H13FN2O3S. The maximum atomic E-state index is 13.3. The van der Waals surface area contributed by atoms with Gasteiger partial charge in [0.1, 0.15) is 11.3 Å². The van der Waals surface area contributed by atoms with Crippen molar-refractivity contribution in [3.05, 3.63) is 53.7 Å². The lowest BCUT2D eigenvalue weighted by molar-refractivity contribution is 0.561. The van der Waals surface area contributed by atoms with Crippen LogP contribution in [0.3, 0.4) is 0 Å². The summed E-state index contributed by atoms with van der Waals surface area (Å²) in [4.78, 5) is 4.15. The van der Waals surface area contributed by atoms with E-state index in [0.717, 1.165) is 6.07 Å². The molecule has 0 spiro atoms. The molecule has 0 bridgehead atoms. The van der Waals surface area contributed by atoms with Crippen molar-refractivity contribution in [2.24, 2.45) is 0 Å². The number of hydrogen-bond acceptors (Lipinski definition) is 4. The zero-order valence-electron chi connectivity index (χ0n) is 11.9. The third-order valence-electron chi connectivity index (χ3n) is 3.19. The molecular weight excluding hydrogens is 307 g/mol. The topological polar surface area (TPSA) is 72.2 Å². The van der Waals surface area contributed by atoms with E-state index in [1.165, 1.54) is 19.1 Å². The van der Waals surface area contributed by atoms with Gasteiger partial charge in [0.25, 0.3) is 10.0 Å². The van der Waals surface area contributed by atoms with Crippen LogP contribution in [0.5, 0.6) is 0 Å². The number of aryl methyl sites for hydroxylation is 2. The van der Waals surface area contributed by atoms with E-state index in [-0.39, 0.29) is 10.5 Å². The molecule has 0 saturated carbocycles. The first-order valence-electron chi connectivity index (χ1n) is 6.51. The van der Waals surface area contributed by atoms with Crippen molar-refractivity contribution in [1.82, 2.24) is 4.98 Å². The average molecular weight is 320 g/mol. The van der Waals surface area contributed by atoms with Crippen molar-refractivity contribution < 1.29 is 17.2 Å². The van der Waals surface area contributed by atoms with Crippen molar-refractivity contribution in [2.75, 3.05) is 4.72 Å². The fourth-order valence-corrected chi connectivity index (χ4v) is 3.24. The van der Waals surface area contributed by atoms with E-state index in [0.29, 0.717) is 22.7 Å². The lowest BCUT2D eigenvalue weighted by Gasteiger charge is -2.08. The minimum atomic E-state index is -3.79. The van der Waals surface area contributed by atoms with Gasteiger partial charge in [-0.25, -0.2) is 17.8 Å². The van der Waals surface area contributed by atoms with Crippen LogP contribution < -0.4 is 4.72 Å². The molecule has 114 valence electrons. The van der Waals surface area contributed by atoms with Crippen LogP contribution >= 0.6 is 0 Å². The Morgan fingerprint density at radius 3 is 2.64 bits per heavy atom. The van der Waals surface area contributed by atoms with Crippen LogP contribution in [0, 0.1) is 19.7 Å². The van der Waals surface area contributed by atoms with E-state index in [2.05, 4.69) is 9.71 Å². The number of nitrogens with zero attached hydrogens (tertiary/aromatic N) is 1. The Bertz CT molecular complexity index is 964. The number of sulfonamides is 1. The Morgan fingerprint density at radius 1 is 1.14 bits per heavy atom. The predicted octanol–water partition coefficient (Wildman–Crippen LogP) is 3.38. The number of benzene rings is 2. The zero-order chi connectivity index (χ0) is 15.9.